The van der Waals surface area contributed by atoms with Gasteiger partial charge in [-0.15, -0.1) is 11.8 Å². The van der Waals surface area contributed by atoms with Crippen LogP contribution in [0.1, 0.15) is 16.8 Å². The highest BCUT2D eigenvalue weighted by atomic mass is 35.5. The van der Waals surface area contributed by atoms with Crippen molar-refractivity contribution in [3.8, 4) is 0 Å². The first-order valence-corrected chi connectivity index (χ1v) is 7.33. The topological polar surface area (TPSA) is 56.0 Å². The molecule has 20 heavy (non-hydrogen) atoms. The molecule has 6 heteroatoms. The molecule has 0 aliphatic carbocycles. The van der Waals surface area contributed by atoms with Gasteiger partial charge in [-0.25, -0.2) is 4.98 Å². The van der Waals surface area contributed by atoms with Gasteiger partial charge in [0.25, 0.3) is 5.69 Å². The van der Waals surface area contributed by atoms with Crippen molar-refractivity contribution in [3.05, 3.63) is 62.3 Å². The van der Waals surface area contributed by atoms with Crippen molar-refractivity contribution in [3.63, 3.8) is 0 Å². The molecular weight excluding hydrogens is 296 g/mol. The van der Waals surface area contributed by atoms with E-state index in [1.807, 2.05) is 26.0 Å². The normalized spacial score (nSPS) is 10.6. The maximum absolute atomic E-state index is 10.8. The number of non-ortho nitro benzene ring substituents is 1. The van der Waals surface area contributed by atoms with Crippen LogP contribution in [-0.2, 0) is 5.75 Å². The van der Waals surface area contributed by atoms with Crippen molar-refractivity contribution in [1.82, 2.24) is 4.98 Å². The average molecular weight is 309 g/mol. The van der Waals surface area contributed by atoms with E-state index < -0.39 is 4.92 Å². The Morgan fingerprint density at radius 2 is 2.05 bits per heavy atom. The summed E-state index contributed by atoms with van der Waals surface area (Å²) in [4.78, 5) is 14.8. The summed E-state index contributed by atoms with van der Waals surface area (Å²) in [6.07, 6.45) is 0. The second-order valence-corrected chi connectivity index (χ2v) is 5.85. The van der Waals surface area contributed by atoms with Gasteiger partial charge < -0.3 is 0 Å². The molecule has 0 fully saturated rings. The van der Waals surface area contributed by atoms with Gasteiger partial charge in [0.05, 0.1) is 9.95 Å². The molecule has 0 aliphatic rings. The lowest BCUT2D eigenvalue weighted by molar-refractivity contribution is -0.384. The van der Waals surface area contributed by atoms with Crippen molar-refractivity contribution >= 4 is 29.1 Å². The van der Waals surface area contributed by atoms with Crippen molar-refractivity contribution in [2.45, 2.75) is 24.6 Å². The number of benzene rings is 1. The van der Waals surface area contributed by atoms with E-state index in [1.54, 1.807) is 6.07 Å². The van der Waals surface area contributed by atoms with Crippen LogP contribution in [0.3, 0.4) is 0 Å². The van der Waals surface area contributed by atoms with Crippen molar-refractivity contribution in [2.24, 2.45) is 0 Å². The molecule has 0 saturated heterocycles. The second kappa shape index (κ2) is 6.24. The SMILES string of the molecule is Cc1cc(C)nc(SCc2cc([N+](=O)[O-])ccc2Cl)c1. The van der Waals surface area contributed by atoms with Gasteiger partial charge in [0.1, 0.15) is 0 Å². The number of nitro groups is 1. The van der Waals surface area contributed by atoms with E-state index >= 15 is 0 Å². The molecular formula is C14H13ClN2O2S. The maximum atomic E-state index is 10.8. The van der Waals surface area contributed by atoms with Crippen LogP contribution in [0.25, 0.3) is 0 Å². The zero-order valence-corrected chi connectivity index (χ0v) is 12.7. The Morgan fingerprint density at radius 1 is 1.30 bits per heavy atom. The fourth-order valence-corrected chi connectivity index (χ4v) is 3.10. The largest absolute Gasteiger partial charge is 0.269 e. The fourth-order valence-electron chi connectivity index (χ4n) is 1.82. The highest BCUT2D eigenvalue weighted by molar-refractivity contribution is 7.98. The predicted octanol–water partition coefficient (Wildman–Crippen LogP) is 4.55. The lowest BCUT2D eigenvalue weighted by atomic mass is 10.2. The molecule has 0 atom stereocenters. The van der Waals surface area contributed by atoms with E-state index in [4.69, 9.17) is 11.6 Å². The number of nitro benzene ring substituents is 1. The monoisotopic (exact) mass is 308 g/mol. The number of aryl methyl sites for hydroxylation is 2. The molecule has 1 aromatic heterocycles. The molecule has 4 nitrogen and oxygen atoms in total. The van der Waals surface area contributed by atoms with Gasteiger partial charge in [-0.05, 0) is 43.2 Å². The molecule has 0 spiro atoms. The zero-order chi connectivity index (χ0) is 14.7. The van der Waals surface area contributed by atoms with Gasteiger partial charge in [-0.2, -0.15) is 0 Å². The molecule has 0 N–H and O–H groups in total. The predicted molar refractivity (Wildman–Crippen MR) is 81.4 cm³/mol. The summed E-state index contributed by atoms with van der Waals surface area (Å²) in [5, 5.41) is 12.2. The molecule has 2 rings (SSSR count). The molecule has 2 aromatic rings. The van der Waals surface area contributed by atoms with Crippen LogP contribution >= 0.6 is 23.4 Å². The minimum Gasteiger partial charge on any atom is -0.258 e. The third-order valence-corrected chi connectivity index (χ3v) is 4.02. The highest BCUT2D eigenvalue weighted by Crippen LogP contribution is 2.29. The van der Waals surface area contributed by atoms with Gasteiger partial charge in [0, 0.05) is 28.6 Å². The third-order valence-electron chi connectivity index (χ3n) is 2.69. The Hall–Kier alpha value is -1.59. The van der Waals surface area contributed by atoms with Gasteiger partial charge in [-0.1, -0.05) is 11.6 Å². The summed E-state index contributed by atoms with van der Waals surface area (Å²) >= 11 is 7.59. The number of hydrogen-bond acceptors (Lipinski definition) is 4. The summed E-state index contributed by atoms with van der Waals surface area (Å²) < 4.78 is 0. The highest BCUT2D eigenvalue weighted by Gasteiger charge is 2.10. The molecule has 104 valence electrons. The summed E-state index contributed by atoms with van der Waals surface area (Å²) in [5.74, 6) is 0.552. The Morgan fingerprint density at radius 3 is 2.70 bits per heavy atom. The van der Waals surface area contributed by atoms with Crippen LogP contribution in [0.15, 0.2) is 35.4 Å². The van der Waals surface area contributed by atoms with Crippen LogP contribution in [0.5, 0.6) is 0 Å². The number of thioether (sulfide) groups is 1. The lowest BCUT2D eigenvalue weighted by Gasteiger charge is -2.06. The molecule has 0 aliphatic heterocycles. The summed E-state index contributed by atoms with van der Waals surface area (Å²) in [7, 11) is 0. The maximum Gasteiger partial charge on any atom is 0.269 e. The van der Waals surface area contributed by atoms with E-state index in [1.165, 1.54) is 23.9 Å². The molecule has 0 bridgehead atoms. The number of hydrogen-bond donors (Lipinski definition) is 0. The van der Waals surface area contributed by atoms with Crippen LogP contribution < -0.4 is 0 Å². The lowest BCUT2D eigenvalue weighted by Crippen LogP contribution is -1.92. The molecule has 0 radical (unpaired) electrons. The Labute approximate surface area is 126 Å². The van der Waals surface area contributed by atoms with Gasteiger partial charge >= 0.3 is 0 Å². The first-order chi connectivity index (χ1) is 9.45. The quantitative estimate of drug-likeness (QED) is 0.472. The van der Waals surface area contributed by atoms with Crippen LogP contribution in [0, 0.1) is 24.0 Å². The van der Waals surface area contributed by atoms with Crippen LogP contribution in [-0.4, -0.2) is 9.91 Å². The van der Waals surface area contributed by atoms with E-state index in [2.05, 4.69) is 4.98 Å². The zero-order valence-electron chi connectivity index (χ0n) is 11.1. The fraction of sp³-hybridized carbons (Fsp3) is 0.214. The smallest absolute Gasteiger partial charge is 0.258 e. The number of aromatic nitrogens is 1. The third kappa shape index (κ3) is 3.71. The van der Waals surface area contributed by atoms with E-state index in [0.717, 1.165) is 21.8 Å². The molecule has 0 saturated carbocycles. The number of nitrogens with zero attached hydrogens (tertiary/aromatic N) is 2. The van der Waals surface area contributed by atoms with Gasteiger partial charge in [0.15, 0.2) is 0 Å². The molecule has 1 aromatic carbocycles. The summed E-state index contributed by atoms with van der Waals surface area (Å²) in [6.45, 7) is 3.95. The van der Waals surface area contributed by atoms with Gasteiger partial charge in [-0.3, -0.25) is 10.1 Å². The minimum absolute atomic E-state index is 0.0541. The number of pyridine rings is 1. The second-order valence-electron chi connectivity index (χ2n) is 4.45. The molecule has 0 unspecified atom stereocenters. The number of halogens is 1. The number of rotatable bonds is 4. The van der Waals surface area contributed by atoms with E-state index in [9.17, 15) is 10.1 Å². The molecule has 1 heterocycles. The van der Waals surface area contributed by atoms with Crippen LogP contribution in [0.2, 0.25) is 5.02 Å². The molecule has 0 amide bonds. The standard InChI is InChI=1S/C14H13ClN2O2S/c1-9-5-10(2)16-14(6-9)20-8-11-7-12(17(18)19)3-4-13(11)15/h3-7H,8H2,1-2H3. The Kier molecular flexibility index (Phi) is 4.62. The first kappa shape index (κ1) is 14.8. The van der Waals surface area contributed by atoms with Gasteiger partial charge in [0.2, 0.25) is 0 Å². The van der Waals surface area contributed by atoms with Crippen molar-refractivity contribution in [1.29, 1.82) is 0 Å². The minimum atomic E-state index is -0.417. The average Bonchev–Trinajstić information content (AvgIpc) is 2.36. The Bertz CT molecular complexity index is 641. The summed E-state index contributed by atoms with van der Waals surface area (Å²) in [6, 6.07) is 8.47. The van der Waals surface area contributed by atoms with E-state index in [-0.39, 0.29) is 5.69 Å². The van der Waals surface area contributed by atoms with Crippen molar-refractivity contribution < 1.29 is 4.92 Å². The van der Waals surface area contributed by atoms with Crippen molar-refractivity contribution in [2.75, 3.05) is 0 Å². The van der Waals surface area contributed by atoms with E-state index in [0.29, 0.717) is 10.8 Å². The first-order valence-electron chi connectivity index (χ1n) is 5.96. The van der Waals surface area contributed by atoms with Crippen LogP contribution in [0.4, 0.5) is 5.69 Å². The summed E-state index contributed by atoms with van der Waals surface area (Å²) in [5.41, 5.74) is 2.90. The Balaban J connectivity index is 2.18.